The van der Waals surface area contributed by atoms with E-state index in [2.05, 4.69) is 20.6 Å². The lowest BCUT2D eigenvalue weighted by Crippen LogP contribution is -2.03. The van der Waals surface area contributed by atoms with Gasteiger partial charge in [0, 0.05) is 16.9 Å². The van der Waals surface area contributed by atoms with E-state index in [1.807, 2.05) is 6.92 Å². The monoisotopic (exact) mass is 364 g/mol. The summed E-state index contributed by atoms with van der Waals surface area (Å²) in [4.78, 5) is 8.24. The smallest absolute Gasteiger partial charge is 0.229 e. The van der Waals surface area contributed by atoms with Gasteiger partial charge in [0.2, 0.25) is 5.95 Å². The Bertz CT molecular complexity index is 934. The van der Waals surface area contributed by atoms with Gasteiger partial charge in [-0.1, -0.05) is 11.6 Å². The minimum Gasteiger partial charge on any atom is -0.338 e. The van der Waals surface area contributed by atoms with E-state index in [9.17, 15) is 13.2 Å². The van der Waals surface area contributed by atoms with Crippen LogP contribution >= 0.6 is 11.6 Å². The summed E-state index contributed by atoms with van der Waals surface area (Å²) in [6, 6.07) is 8.67. The molecular weight excluding hydrogens is 353 g/mol. The molecule has 0 saturated heterocycles. The van der Waals surface area contributed by atoms with Crippen molar-refractivity contribution in [3.05, 3.63) is 70.6 Å². The minimum absolute atomic E-state index is 0.217. The number of anilines is 4. The zero-order valence-corrected chi connectivity index (χ0v) is 13.7. The van der Waals surface area contributed by atoms with Gasteiger partial charge in [0.15, 0.2) is 17.5 Å². The third-order valence-electron chi connectivity index (χ3n) is 3.39. The number of nitrogens with zero attached hydrogens (tertiary/aromatic N) is 2. The van der Waals surface area contributed by atoms with E-state index < -0.39 is 17.5 Å². The Morgan fingerprint density at radius 3 is 2.44 bits per heavy atom. The van der Waals surface area contributed by atoms with Gasteiger partial charge in [-0.3, -0.25) is 0 Å². The molecule has 0 aliphatic carbocycles. The Hall–Kier alpha value is -2.80. The summed E-state index contributed by atoms with van der Waals surface area (Å²) in [5, 5.41) is 6.21. The number of benzene rings is 2. The first-order valence-corrected chi connectivity index (χ1v) is 7.58. The highest BCUT2D eigenvalue weighted by Crippen LogP contribution is 2.25. The maximum absolute atomic E-state index is 13.7. The summed E-state index contributed by atoms with van der Waals surface area (Å²) in [6.07, 6.45) is 1.45. The zero-order chi connectivity index (χ0) is 18.0. The van der Waals surface area contributed by atoms with Crippen LogP contribution in [0.5, 0.6) is 0 Å². The topological polar surface area (TPSA) is 49.8 Å². The molecule has 0 aliphatic rings. The van der Waals surface area contributed by atoms with Crippen molar-refractivity contribution in [3.8, 4) is 0 Å². The molecule has 0 aliphatic heterocycles. The maximum Gasteiger partial charge on any atom is 0.229 e. The van der Waals surface area contributed by atoms with E-state index >= 15 is 0 Å². The summed E-state index contributed by atoms with van der Waals surface area (Å²) < 4.78 is 40.0. The fraction of sp³-hybridized carbons (Fsp3) is 0.0588. The first-order valence-electron chi connectivity index (χ1n) is 7.21. The Balaban J connectivity index is 1.83. The first-order chi connectivity index (χ1) is 11.9. The lowest BCUT2D eigenvalue weighted by molar-refractivity contribution is 0.449. The number of rotatable bonds is 4. The lowest BCUT2D eigenvalue weighted by atomic mass is 10.2. The molecule has 0 atom stereocenters. The van der Waals surface area contributed by atoms with Crippen LogP contribution in [0, 0.1) is 24.4 Å². The standard InChI is InChI=1S/C17H12ClF3N4/c1-9-8-10(18)2-4-12(9)24-17-22-7-6-14(25-17)23-13-5-3-11(19)15(20)16(13)21/h2-8H,1H3,(H2,22,23,24,25). The molecule has 128 valence electrons. The number of aromatic nitrogens is 2. The van der Waals surface area contributed by atoms with Crippen LogP contribution in [-0.4, -0.2) is 9.97 Å². The van der Waals surface area contributed by atoms with Gasteiger partial charge in [-0.05, 0) is 48.9 Å². The van der Waals surface area contributed by atoms with Gasteiger partial charge in [-0.15, -0.1) is 0 Å². The lowest BCUT2D eigenvalue weighted by Gasteiger charge is -2.11. The van der Waals surface area contributed by atoms with Gasteiger partial charge in [0.1, 0.15) is 5.82 Å². The highest BCUT2D eigenvalue weighted by molar-refractivity contribution is 6.30. The molecule has 0 amide bonds. The van der Waals surface area contributed by atoms with E-state index in [0.29, 0.717) is 5.02 Å². The summed E-state index contributed by atoms with van der Waals surface area (Å²) in [7, 11) is 0. The maximum atomic E-state index is 13.7. The summed E-state index contributed by atoms with van der Waals surface area (Å²) in [5.41, 5.74) is 1.41. The second kappa shape index (κ2) is 6.98. The molecule has 25 heavy (non-hydrogen) atoms. The van der Waals surface area contributed by atoms with Crippen molar-refractivity contribution in [2.45, 2.75) is 6.92 Å². The molecule has 0 radical (unpaired) electrons. The molecular formula is C17H12ClF3N4. The van der Waals surface area contributed by atoms with Crippen molar-refractivity contribution in [1.82, 2.24) is 9.97 Å². The molecule has 2 N–H and O–H groups in total. The molecule has 0 fully saturated rings. The van der Waals surface area contributed by atoms with Crippen LogP contribution in [0.15, 0.2) is 42.6 Å². The normalized spacial score (nSPS) is 10.6. The van der Waals surface area contributed by atoms with E-state index in [1.54, 1.807) is 18.2 Å². The van der Waals surface area contributed by atoms with Crippen LogP contribution in [0.25, 0.3) is 0 Å². The molecule has 0 bridgehead atoms. The van der Waals surface area contributed by atoms with E-state index in [1.165, 1.54) is 12.3 Å². The molecule has 0 spiro atoms. The molecule has 0 unspecified atom stereocenters. The van der Waals surface area contributed by atoms with E-state index in [4.69, 9.17) is 11.6 Å². The average Bonchev–Trinajstić information content (AvgIpc) is 2.58. The van der Waals surface area contributed by atoms with Crippen molar-refractivity contribution in [1.29, 1.82) is 0 Å². The Kier molecular flexibility index (Phi) is 4.76. The number of aryl methyl sites for hydroxylation is 1. The van der Waals surface area contributed by atoms with Crippen LogP contribution in [0.2, 0.25) is 5.02 Å². The van der Waals surface area contributed by atoms with Crippen LogP contribution in [0.3, 0.4) is 0 Å². The fourth-order valence-corrected chi connectivity index (χ4v) is 2.36. The number of nitrogens with one attached hydrogen (secondary N) is 2. The van der Waals surface area contributed by atoms with Gasteiger partial charge in [-0.2, -0.15) is 4.98 Å². The summed E-state index contributed by atoms with van der Waals surface area (Å²) in [6.45, 7) is 1.87. The third-order valence-corrected chi connectivity index (χ3v) is 3.62. The Morgan fingerprint density at radius 2 is 1.68 bits per heavy atom. The minimum atomic E-state index is -1.55. The molecule has 1 heterocycles. The van der Waals surface area contributed by atoms with Gasteiger partial charge >= 0.3 is 0 Å². The van der Waals surface area contributed by atoms with Crippen LogP contribution in [-0.2, 0) is 0 Å². The molecule has 8 heteroatoms. The highest BCUT2D eigenvalue weighted by atomic mass is 35.5. The summed E-state index contributed by atoms with van der Waals surface area (Å²) in [5.74, 6) is -3.66. The zero-order valence-electron chi connectivity index (χ0n) is 12.9. The molecule has 3 aromatic rings. The number of halogens is 4. The van der Waals surface area contributed by atoms with Crippen molar-refractivity contribution < 1.29 is 13.2 Å². The van der Waals surface area contributed by atoms with E-state index in [-0.39, 0.29) is 17.5 Å². The van der Waals surface area contributed by atoms with E-state index in [0.717, 1.165) is 23.4 Å². The SMILES string of the molecule is Cc1cc(Cl)ccc1Nc1nccc(Nc2ccc(F)c(F)c2F)n1. The van der Waals surface area contributed by atoms with Gasteiger partial charge in [-0.25, -0.2) is 18.2 Å². The highest BCUT2D eigenvalue weighted by Gasteiger charge is 2.14. The molecule has 1 aromatic heterocycles. The predicted octanol–water partition coefficient (Wildman–Crippen LogP) is 5.34. The van der Waals surface area contributed by atoms with Crippen LogP contribution < -0.4 is 10.6 Å². The molecule has 0 saturated carbocycles. The summed E-state index contributed by atoms with van der Waals surface area (Å²) >= 11 is 5.91. The van der Waals surface area contributed by atoms with Gasteiger partial charge in [0.05, 0.1) is 5.69 Å². The second-order valence-electron chi connectivity index (χ2n) is 5.20. The largest absolute Gasteiger partial charge is 0.338 e. The van der Waals surface area contributed by atoms with Crippen LogP contribution in [0.4, 0.5) is 36.3 Å². The quantitative estimate of drug-likeness (QED) is 0.613. The van der Waals surface area contributed by atoms with Crippen LogP contribution in [0.1, 0.15) is 5.56 Å². The molecule has 2 aromatic carbocycles. The molecule has 3 rings (SSSR count). The van der Waals surface area contributed by atoms with Crippen molar-refractivity contribution in [3.63, 3.8) is 0 Å². The number of hydrogen-bond donors (Lipinski definition) is 2. The predicted molar refractivity (Wildman–Crippen MR) is 91.1 cm³/mol. The van der Waals surface area contributed by atoms with Gasteiger partial charge < -0.3 is 10.6 Å². The third kappa shape index (κ3) is 3.83. The van der Waals surface area contributed by atoms with Crippen molar-refractivity contribution in [2.75, 3.05) is 10.6 Å². The van der Waals surface area contributed by atoms with Crippen molar-refractivity contribution in [2.24, 2.45) is 0 Å². The molecule has 4 nitrogen and oxygen atoms in total. The first kappa shape index (κ1) is 17.0. The second-order valence-corrected chi connectivity index (χ2v) is 5.63. The average molecular weight is 365 g/mol. The Labute approximate surface area is 146 Å². The fourth-order valence-electron chi connectivity index (χ4n) is 2.14. The van der Waals surface area contributed by atoms with Gasteiger partial charge in [0.25, 0.3) is 0 Å². The Morgan fingerprint density at radius 1 is 0.920 bits per heavy atom. The van der Waals surface area contributed by atoms with Crippen molar-refractivity contribution >= 4 is 34.7 Å². The number of hydrogen-bond acceptors (Lipinski definition) is 4.